The molecule has 0 rings (SSSR count). The first-order valence-corrected chi connectivity index (χ1v) is 9.18. The first-order valence-electron chi connectivity index (χ1n) is 7.60. The van der Waals surface area contributed by atoms with Crippen molar-refractivity contribution >= 4 is 10.1 Å². The zero-order valence-corrected chi connectivity index (χ0v) is 16.9. The maximum Gasteiger partial charge on any atom is 1.00 e. The van der Waals surface area contributed by atoms with Gasteiger partial charge in [-0.1, -0.05) is 64.2 Å². The molecular weight excluding hydrogens is 303 g/mol. The average molecular weight is 333 g/mol. The number of unbranched alkanes of at least 4 members (excludes halogenated alkanes) is 11. The van der Waals surface area contributed by atoms with E-state index in [-0.39, 0.29) is 57.1 Å². The Kier molecular flexibility index (Phi) is 20.0. The summed E-state index contributed by atoms with van der Waals surface area (Å²) >= 11 is 0. The van der Waals surface area contributed by atoms with Gasteiger partial charge in [0.1, 0.15) is 0 Å². The molecule has 0 heterocycles. The molecule has 4 nitrogen and oxygen atoms in total. The third-order valence-corrected chi connectivity index (χ3v) is 4.09. The van der Waals surface area contributed by atoms with E-state index in [0.29, 0.717) is 13.0 Å². The molecule has 116 valence electrons. The molecular formula is C14H29KO4S. The minimum absolute atomic E-state index is 0. The molecule has 0 unspecified atom stereocenters. The quantitative estimate of drug-likeness (QED) is 0.280. The molecule has 0 radical (unpaired) electrons. The van der Waals surface area contributed by atoms with Crippen molar-refractivity contribution in [2.45, 2.75) is 77.0 Å². The SMILES string of the molecule is O=S(=O)([O-])CCCCCCCCCCCCCCO.[K+]. The van der Waals surface area contributed by atoms with Crippen molar-refractivity contribution in [2.24, 2.45) is 0 Å². The van der Waals surface area contributed by atoms with Crippen LogP contribution in [0.25, 0.3) is 0 Å². The fourth-order valence-corrected chi connectivity index (χ4v) is 2.72. The second-order valence-electron chi connectivity index (χ2n) is 5.23. The predicted octanol–water partition coefficient (Wildman–Crippen LogP) is 0.209. The Hall–Kier alpha value is 1.51. The third kappa shape index (κ3) is 21.8. The van der Waals surface area contributed by atoms with Crippen molar-refractivity contribution in [2.75, 3.05) is 12.4 Å². The molecule has 0 aliphatic rings. The van der Waals surface area contributed by atoms with Gasteiger partial charge in [-0.3, -0.25) is 0 Å². The van der Waals surface area contributed by atoms with Gasteiger partial charge >= 0.3 is 51.4 Å². The van der Waals surface area contributed by atoms with Crippen molar-refractivity contribution in [3.8, 4) is 0 Å². The van der Waals surface area contributed by atoms with Gasteiger partial charge in [-0.25, -0.2) is 8.42 Å². The summed E-state index contributed by atoms with van der Waals surface area (Å²) in [5.74, 6) is -0.208. The van der Waals surface area contributed by atoms with Crippen LogP contribution in [0.3, 0.4) is 0 Å². The Morgan fingerprint density at radius 3 is 1.25 bits per heavy atom. The van der Waals surface area contributed by atoms with Gasteiger partial charge < -0.3 is 9.66 Å². The van der Waals surface area contributed by atoms with E-state index in [1.807, 2.05) is 0 Å². The fraction of sp³-hybridized carbons (Fsp3) is 1.00. The number of aliphatic hydroxyl groups excluding tert-OH is 1. The monoisotopic (exact) mass is 332 g/mol. The molecule has 0 spiro atoms. The summed E-state index contributed by atoms with van der Waals surface area (Å²) < 4.78 is 31.1. The van der Waals surface area contributed by atoms with Gasteiger partial charge in [0.05, 0.1) is 10.1 Å². The molecule has 0 saturated heterocycles. The van der Waals surface area contributed by atoms with Crippen LogP contribution < -0.4 is 51.4 Å². The molecule has 1 N–H and O–H groups in total. The smallest absolute Gasteiger partial charge is 0.748 e. The summed E-state index contributed by atoms with van der Waals surface area (Å²) in [6, 6.07) is 0. The zero-order valence-electron chi connectivity index (χ0n) is 13.0. The van der Waals surface area contributed by atoms with Gasteiger partial charge in [-0.2, -0.15) is 0 Å². The zero-order chi connectivity index (χ0) is 14.4. The summed E-state index contributed by atoms with van der Waals surface area (Å²) in [6.45, 7) is 0.313. The van der Waals surface area contributed by atoms with E-state index in [4.69, 9.17) is 5.11 Å². The second-order valence-corrected chi connectivity index (χ2v) is 6.75. The normalized spacial score (nSPS) is 11.3. The summed E-state index contributed by atoms with van der Waals surface area (Å²) in [6.07, 6.45) is 13.1. The molecule has 0 saturated carbocycles. The van der Waals surface area contributed by atoms with Gasteiger partial charge in [-0.15, -0.1) is 0 Å². The largest absolute Gasteiger partial charge is 1.00 e. The van der Waals surface area contributed by atoms with Crippen LogP contribution in [0.15, 0.2) is 0 Å². The maximum absolute atomic E-state index is 10.4. The van der Waals surface area contributed by atoms with Crippen LogP contribution >= 0.6 is 0 Å². The Morgan fingerprint density at radius 2 is 0.950 bits per heavy atom. The van der Waals surface area contributed by atoms with Crippen molar-refractivity contribution < 1.29 is 69.5 Å². The second kappa shape index (κ2) is 16.9. The first kappa shape index (κ1) is 23.8. The van der Waals surface area contributed by atoms with E-state index in [0.717, 1.165) is 32.1 Å². The van der Waals surface area contributed by atoms with Gasteiger partial charge in [0.15, 0.2) is 0 Å². The van der Waals surface area contributed by atoms with Crippen LogP contribution in [0.4, 0.5) is 0 Å². The number of hydrogen-bond donors (Lipinski definition) is 1. The molecule has 0 aromatic heterocycles. The standard InChI is InChI=1S/C14H30O4S.K/c15-13-11-9-7-5-3-1-2-4-6-8-10-12-14-19(16,17)18;/h15H,1-14H2,(H,16,17,18);/q;+1/p-1. The van der Waals surface area contributed by atoms with Crippen LogP contribution in [0.5, 0.6) is 0 Å². The van der Waals surface area contributed by atoms with Crippen LogP contribution in [-0.2, 0) is 10.1 Å². The molecule has 0 aromatic carbocycles. The van der Waals surface area contributed by atoms with Gasteiger partial charge in [0, 0.05) is 12.4 Å². The van der Waals surface area contributed by atoms with E-state index in [1.54, 1.807) is 0 Å². The van der Waals surface area contributed by atoms with E-state index in [1.165, 1.54) is 38.5 Å². The van der Waals surface area contributed by atoms with Crippen molar-refractivity contribution in [3.63, 3.8) is 0 Å². The Bertz CT molecular complexity index is 281. The average Bonchev–Trinajstić information content (AvgIpc) is 2.34. The predicted molar refractivity (Wildman–Crippen MR) is 77.1 cm³/mol. The van der Waals surface area contributed by atoms with Crippen molar-refractivity contribution in [1.82, 2.24) is 0 Å². The van der Waals surface area contributed by atoms with Crippen LogP contribution in [-0.4, -0.2) is 30.4 Å². The summed E-state index contributed by atoms with van der Waals surface area (Å²) in [5, 5.41) is 8.62. The van der Waals surface area contributed by atoms with Crippen LogP contribution in [0, 0.1) is 0 Å². The molecule has 0 atom stereocenters. The minimum atomic E-state index is -4.00. The minimum Gasteiger partial charge on any atom is -0.748 e. The summed E-state index contributed by atoms with van der Waals surface area (Å²) in [7, 11) is -4.00. The van der Waals surface area contributed by atoms with Crippen molar-refractivity contribution in [1.29, 1.82) is 0 Å². The van der Waals surface area contributed by atoms with E-state index < -0.39 is 10.1 Å². The molecule has 6 heteroatoms. The molecule has 0 aliphatic heterocycles. The molecule has 20 heavy (non-hydrogen) atoms. The molecule has 0 aromatic rings. The third-order valence-electron chi connectivity index (χ3n) is 3.30. The molecule has 0 fully saturated rings. The number of rotatable bonds is 14. The van der Waals surface area contributed by atoms with Gasteiger partial charge in [0.2, 0.25) is 0 Å². The maximum atomic E-state index is 10.4. The molecule has 0 aliphatic carbocycles. The Morgan fingerprint density at radius 1 is 0.650 bits per heavy atom. The molecule has 0 amide bonds. The van der Waals surface area contributed by atoms with Gasteiger partial charge in [0.25, 0.3) is 0 Å². The van der Waals surface area contributed by atoms with Crippen molar-refractivity contribution in [3.05, 3.63) is 0 Å². The Labute approximate surface area is 167 Å². The molecule has 0 bridgehead atoms. The topological polar surface area (TPSA) is 77.4 Å². The number of aliphatic hydroxyl groups is 1. The summed E-state index contributed by atoms with van der Waals surface area (Å²) in [4.78, 5) is 0. The van der Waals surface area contributed by atoms with E-state index in [9.17, 15) is 13.0 Å². The van der Waals surface area contributed by atoms with Crippen LogP contribution in [0.2, 0.25) is 0 Å². The summed E-state index contributed by atoms with van der Waals surface area (Å²) in [5.41, 5.74) is 0. The number of hydrogen-bond acceptors (Lipinski definition) is 4. The van der Waals surface area contributed by atoms with Crippen LogP contribution in [0.1, 0.15) is 77.0 Å². The Balaban J connectivity index is 0. The van der Waals surface area contributed by atoms with E-state index in [2.05, 4.69) is 0 Å². The first-order chi connectivity index (χ1) is 9.06. The van der Waals surface area contributed by atoms with E-state index >= 15 is 0 Å². The van der Waals surface area contributed by atoms with Gasteiger partial charge in [-0.05, 0) is 12.8 Å². The fourth-order valence-electron chi connectivity index (χ4n) is 2.16.